The van der Waals surface area contributed by atoms with E-state index in [0.717, 1.165) is 28.6 Å². The summed E-state index contributed by atoms with van der Waals surface area (Å²) in [5, 5.41) is 0.893. The Bertz CT molecular complexity index is 837. The molecule has 23 heavy (non-hydrogen) atoms. The molecule has 0 saturated carbocycles. The van der Waals surface area contributed by atoms with E-state index in [9.17, 15) is 13.2 Å². The number of hydrogen-bond donors (Lipinski definition) is 2. The summed E-state index contributed by atoms with van der Waals surface area (Å²) in [5.74, 6) is 0.593. The Morgan fingerprint density at radius 2 is 1.83 bits per heavy atom. The van der Waals surface area contributed by atoms with Crippen LogP contribution in [-0.2, 0) is 6.18 Å². The lowest BCUT2D eigenvalue weighted by molar-refractivity contribution is -0.137. The summed E-state index contributed by atoms with van der Waals surface area (Å²) in [5.41, 5.74) is 6.99. The Balaban J connectivity index is 1.94. The van der Waals surface area contributed by atoms with Gasteiger partial charge in [-0.05, 0) is 48.9 Å². The zero-order valence-electron chi connectivity index (χ0n) is 12.3. The van der Waals surface area contributed by atoms with Crippen LogP contribution in [0.3, 0.4) is 0 Å². The lowest BCUT2D eigenvalue weighted by atomic mass is 10.1. The molecule has 1 aromatic heterocycles. The molecular weight excluding hydrogens is 305 g/mol. The standard InChI is InChI=1S/C17H15F3N2O/c1-10(21)15-9-22-16-6-5-13(8-14(15)16)23-12-4-2-3-11(7-12)17(18,19)20/h2-10,22H,21H2,1H3. The maximum absolute atomic E-state index is 12.7. The molecule has 6 heteroatoms. The van der Waals surface area contributed by atoms with Gasteiger partial charge in [0, 0.05) is 23.1 Å². The fourth-order valence-electron chi connectivity index (χ4n) is 2.43. The lowest BCUT2D eigenvalue weighted by Gasteiger charge is -2.10. The Morgan fingerprint density at radius 1 is 1.09 bits per heavy atom. The number of alkyl halides is 3. The Labute approximate surface area is 130 Å². The second-order valence-electron chi connectivity index (χ2n) is 5.37. The minimum Gasteiger partial charge on any atom is -0.457 e. The highest BCUT2D eigenvalue weighted by molar-refractivity contribution is 5.85. The van der Waals surface area contributed by atoms with Gasteiger partial charge in [0.15, 0.2) is 0 Å². The lowest BCUT2D eigenvalue weighted by Crippen LogP contribution is -2.04. The minimum absolute atomic E-state index is 0.136. The summed E-state index contributed by atoms with van der Waals surface area (Å²) in [4.78, 5) is 3.11. The number of nitrogens with one attached hydrogen (secondary N) is 1. The first-order valence-electron chi connectivity index (χ1n) is 7.06. The van der Waals surface area contributed by atoms with Crippen molar-refractivity contribution in [3.8, 4) is 11.5 Å². The highest BCUT2D eigenvalue weighted by Gasteiger charge is 2.30. The Hall–Kier alpha value is -2.47. The summed E-state index contributed by atoms with van der Waals surface area (Å²) in [7, 11) is 0. The molecule has 3 rings (SSSR count). The summed E-state index contributed by atoms with van der Waals surface area (Å²) in [6.45, 7) is 1.86. The van der Waals surface area contributed by atoms with Crippen LogP contribution in [0.15, 0.2) is 48.7 Å². The van der Waals surface area contributed by atoms with Gasteiger partial charge >= 0.3 is 6.18 Å². The number of hydrogen-bond acceptors (Lipinski definition) is 2. The maximum Gasteiger partial charge on any atom is 0.416 e. The highest BCUT2D eigenvalue weighted by Crippen LogP contribution is 2.34. The molecule has 1 unspecified atom stereocenters. The van der Waals surface area contributed by atoms with Crippen molar-refractivity contribution in [3.63, 3.8) is 0 Å². The van der Waals surface area contributed by atoms with E-state index >= 15 is 0 Å². The van der Waals surface area contributed by atoms with Crippen molar-refractivity contribution < 1.29 is 17.9 Å². The van der Waals surface area contributed by atoms with E-state index in [-0.39, 0.29) is 11.8 Å². The third kappa shape index (κ3) is 3.17. The molecule has 3 N–H and O–H groups in total. The molecule has 3 nitrogen and oxygen atoms in total. The molecule has 1 heterocycles. The fraction of sp³-hybridized carbons (Fsp3) is 0.176. The van der Waals surface area contributed by atoms with Gasteiger partial charge in [-0.3, -0.25) is 0 Å². The van der Waals surface area contributed by atoms with Gasteiger partial charge in [-0.1, -0.05) is 6.07 Å². The third-order valence-electron chi connectivity index (χ3n) is 3.57. The van der Waals surface area contributed by atoms with Crippen molar-refractivity contribution in [3.05, 3.63) is 59.8 Å². The monoisotopic (exact) mass is 320 g/mol. The molecule has 0 spiro atoms. The first-order chi connectivity index (χ1) is 10.8. The van der Waals surface area contributed by atoms with Crippen LogP contribution in [0.4, 0.5) is 13.2 Å². The quantitative estimate of drug-likeness (QED) is 0.713. The molecule has 0 aliphatic carbocycles. The number of aromatic nitrogens is 1. The zero-order chi connectivity index (χ0) is 16.6. The van der Waals surface area contributed by atoms with E-state index in [2.05, 4.69) is 4.98 Å². The number of halogens is 3. The van der Waals surface area contributed by atoms with Crippen LogP contribution in [-0.4, -0.2) is 4.98 Å². The first-order valence-corrected chi connectivity index (χ1v) is 7.06. The number of fused-ring (bicyclic) bond motifs is 1. The SMILES string of the molecule is CC(N)c1c[nH]c2ccc(Oc3cccc(C(F)(F)F)c3)cc12. The molecule has 0 fully saturated rings. The summed E-state index contributed by atoms with van der Waals surface area (Å²) < 4.78 is 43.8. The molecule has 0 saturated heterocycles. The fourth-order valence-corrected chi connectivity index (χ4v) is 2.43. The molecule has 2 aromatic carbocycles. The zero-order valence-corrected chi connectivity index (χ0v) is 12.3. The normalized spacial score (nSPS) is 13.3. The van der Waals surface area contributed by atoms with E-state index < -0.39 is 11.7 Å². The van der Waals surface area contributed by atoms with E-state index in [1.807, 2.05) is 19.2 Å². The van der Waals surface area contributed by atoms with Crippen LogP contribution in [0.2, 0.25) is 0 Å². The number of benzene rings is 2. The van der Waals surface area contributed by atoms with Crippen molar-refractivity contribution in [2.75, 3.05) is 0 Å². The maximum atomic E-state index is 12.7. The predicted molar refractivity (Wildman–Crippen MR) is 82.4 cm³/mol. The molecule has 0 aliphatic rings. The van der Waals surface area contributed by atoms with Gasteiger partial charge in [-0.25, -0.2) is 0 Å². The number of ether oxygens (including phenoxy) is 1. The van der Waals surface area contributed by atoms with E-state index in [1.165, 1.54) is 12.1 Å². The molecule has 0 bridgehead atoms. The van der Waals surface area contributed by atoms with Crippen LogP contribution in [0.5, 0.6) is 11.5 Å². The number of aromatic amines is 1. The molecule has 3 aromatic rings. The van der Waals surface area contributed by atoms with Gasteiger partial charge in [0.05, 0.1) is 5.56 Å². The molecule has 0 amide bonds. The molecule has 0 radical (unpaired) electrons. The number of H-pyrrole nitrogens is 1. The van der Waals surface area contributed by atoms with Gasteiger partial charge in [-0.15, -0.1) is 0 Å². The highest BCUT2D eigenvalue weighted by atomic mass is 19.4. The molecule has 120 valence electrons. The smallest absolute Gasteiger partial charge is 0.416 e. The van der Waals surface area contributed by atoms with Crippen LogP contribution >= 0.6 is 0 Å². The van der Waals surface area contributed by atoms with Gasteiger partial charge in [0.1, 0.15) is 11.5 Å². The van der Waals surface area contributed by atoms with E-state index in [1.54, 1.807) is 12.1 Å². The topological polar surface area (TPSA) is 51.0 Å². The summed E-state index contributed by atoms with van der Waals surface area (Å²) in [6.07, 6.45) is -2.57. The summed E-state index contributed by atoms with van der Waals surface area (Å²) in [6, 6.07) is 9.92. The van der Waals surface area contributed by atoms with Crippen LogP contribution in [0.1, 0.15) is 24.1 Å². The number of rotatable bonds is 3. The third-order valence-corrected chi connectivity index (χ3v) is 3.57. The largest absolute Gasteiger partial charge is 0.457 e. The average molecular weight is 320 g/mol. The van der Waals surface area contributed by atoms with E-state index in [4.69, 9.17) is 10.5 Å². The van der Waals surface area contributed by atoms with Gasteiger partial charge in [0.25, 0.3) is 0 Å². The first kappa shape index (κ1) is 15.4. The van der Waals surface area contributed by atoms with Crippen molar-refractivity contribution >= 4 is 10.9 Å². The van der Waals surface area contributed by atoms with Gasteiger partial charge in [-0.2, -0.15) is 13.2 Å². The minimum atomic E-state index is -4.40. The van der Waals surface area contributed by atoms with Crippen molar-refractivity contribution in [1.82, 2.24) is 4.98 Å². The van der Waals surface area contributed by atoms with Crippen molar-refractivity contribution in [2.24, 2.45) is 5.73 Å². The van der Waals surface area contributed by atoms with Crippen molar-refractivity contribution in [1.29, 1.82) is 0 Å². The van der Waals surface area contributed by atoms with Gasteiger partial charge in [0.2, 0.25) is 0 Å². The molecule has 0 aliphatic heterocycles. The molecule has 1 atom stereocenters. The number of nitrogens with two attached hydrogens (primary N) is 1. The van der Waals surface area contributed by atoms with Crippen LogP contribution in [0, 0.1) is 0 Å². The predicted octanol–water partition coefficient (Wildman–Crippen LogP) is 5.00. The summed E-state index contributed by atoms with van der Waals surface area (Å²) >= 11 is 0. The Kier molecular flexibility index (Phi) is 3.77. The Morgan fingerprint density at radius 3 is 2.52 bits per heavy atom. The molecular formula is C17H15F3N2O. The van der Waals surface area contributed by atoms with Gasteiger partial charge < -0.3 is 15.5 Å². The van der Waals surface area contributed by atoms with E-state index in [0.29, 0.717) is 5.75 Å². The second-order valence-corrected chi connectivity index (χ2v) is 5.37. The average Bonchev–Trinajstić information content (AvgIpc) is 2.90. The van der Waals surface area contributed by atoms with Crippen molar-refractivity contribution in [2.45, 2.75) is 19.1 Å². The van der Waals surface area contributed by atoms with Crippen LogP contribution < -0.4 is 10.5 Å². The van der Waals surface area contributed by atoms with Crippen LogP contribution in [0.25, 0.3) is 10.9 Å². The second kappa shape index (κ2) is 5.62.